The highest BCUT2D eigenvalue weighted by molar-refractivity contribution is 5.94. The van der Waals surface area contributed by atoms with E-state index in [4.69, 9.17) is 10.8 Å². The van der Waals surface area contributed by atoms with E-state index in [1.54, 1.807) is 0 Å². The first-order valence-corrected chi connectivity index (χ1v) is 11.8. The lowest BCUT2D eigenvalue weighted by Gasteiger charge is -2.26. The molecule has 1 aromatic carbocycles. The van der Waals surface area contributed by atoms with Gasteiger partial charge in [0.25, 0.3) is 0 Å². The van der Waals surface area contributed by atoms with Crippen LogP contribution in [0.5, 0.6) is 5.75 Å². The van der Waals surface area contributed by atoms with Gasteiger partial charge >= 0.3 is 11.9 Å². The number of aliphatic hydroxyl groups excluding tert-OH is 1. The van der Waals surface area contributed by atoms with Gasteiger partial charge in [0, 0.05) is 12.8 Å². The van der Waals surface area contributed by atoms with Gasteiger partial charge < -0.3 is 42.1 Å². The Morgan fingerprint density at radius 2 is 1.43 bits per heavy atom. The Bertz CT molecular complexity index is 950. The molecular formula is C24H36N4O9. The lowest BCUT2D eigenvalue weighted by molar-refractivity contribution is -0.143. The Hall–Kier alpha value is -3.71. The van der Waals surface area contributed by atoms with E-state index in [-0.39, 0.29) is 24.5 Å². The lowest BCUT2D eigenvalue weighted by Crippen LogP contribution is -2.60. The number of nitrogens with two attached hydrogens (primary N) is 1. The summed E-state index contributed by atoms with van der Waals surface area (Å²) < 4.78 is 0. The number of hydrogen-bond acceptors (Lipinski definition) is 8. The van der Waals surface area contributed by atoms with Crippen molar-refractivity contribution in [1.82, 2.24) is 16.0 Å². The summed E-state index contributed by atoms with van der Waals surface area (Å²) in [6.45, 7) is 4.89. The molecule has 0 aliphatic carbocycles. The number of aromatic hydroxyl groups is 1. The highest BCUT2D eigenvalue weighted by Crippen LogP contribution is 2.12. The number of carbonyl (C=O) groups is 5. The lowest BCUT2D eigenvalue weighted by atomic mass is 10.0. The molecule has 1 aromatic rings. The van der Waals surface area contributed by atoms with Gasteiger partial charge in [-0.05, 0) is 43.4 Å². The van der Waals surface area contributed by atoms with Crippen molar-refractivity contribution in [2.24, 2.45) is 11.7 Å². The van der Waals surface area contributed by atoms with Crippen molar-refractivity contribution in [3.05, 3.63) is 29.8 Å². The summed E-state index contributed by atoms with van der Waals surface area (Å²) in [5.41, 5.74) is 6.34. The van der Waals surface area contributed by atoms with E-state index in [9.17, 15) is 39.3 Å². The number of carboxylic acids is 2. The van der Waals surface area contributed by atoms with Crippen LogP contribution in [0.1, 0.15) is 45.6 Å². The molecule has 0 spiro atoms. The maximum atomic E-state index is 12.9. The summed E-state index contributed by atoms with van der Waals surface area (Å²) in [7, 11) is 0. The van der Waals surface area contributed by atoms with Crippen LogP contribution in [0.25, 0.3) is 0 Å². The van der Waals surface area contributed by atoms with Gasteiger partial charge in [-0.2, -0.15) is 0 Å². The average Bonchev–Trinajstić information content (AvgIpc) is 2.79. The van der Waals surface area contributed by atoms with Gasteiger partial charge in [0.1, 0.15) is 23.9 Å². The Morgan fingerprint density at radius 1 is 0.865 bits per heavy atom. The van der Waals surface area contributed by atoms with Crippen molar-refractivity contribution in [3.8, 4) is 5.75 Å². The number of aliphatic hydroxyl groups is 1. The SMILES string of the molecule is CC(C)CC(N)C(=O)NC(CCC(=O)O)C(=O)NC(C(=O)NC(Cc1ccc(O)cc1)C(=O)O)C(C)O. The Labute approximate surface area is 214 Å². The summed E-state index contributed by atoms with van der Waals surface area (Å²) in [4.78, 5) is 60.9. The highest BCUT2D eigenvalue weighted by atomic mass is 16.4. The zero-order chi connectivity index (χ0) is 28.3. The first kappa shape index (κ1) is 31.3. The number of benzene rings is 1. The molecule has 0 saturated carbocycles. The summed E-state index contributed by atoms with van der Waals surface area (Å²) >= 11 is 0. The van der Waals surface area contributed by atoms with Crippen molar-refractivity contribution >= 4 is 29.7 Å². The molecule has 13 heteroatoms. The Kier molecular flexibility index (Phi) is 12.5. The van der Waals surface area contributed by atoms with E-state index in [2.05, 4.69) is 16.0 Å². The van der Waals surface area contributed by atoms with Crippen LogP contribution in [0.3, 0.4) is 0 Å². The first-order chi connectivity index (χ1) is 17.2. The zero-order valence-electron chi connectivity index (χ0n) is 21.0. The van der Waals surface area contributed by atoms with Crippen LogP contribution in [-0.2, 0) is 30.4 Å². The monoisotopic (exact) mass is 524 g/mol. The second-order valence-corrected chi connectivity index (χ2v) is 9.23. The summed E-state index contributed by atoms with van der Waals surface area (Å²) in [6.07, 6.45) is -2.08. The third-order valence-corrected chi connectivity index (χ3v) is 5.40. The average molecular weight is 525 g/mol. The number of amides is 3. The largest absolute Gasteiger partial charge is 0.508 e. The van der Waals surface area contributed by atoms with Crippen LogP contribution >= 0.6 is 0 Å². The molecule has 0 bridgehead atoms. The minimum atomic E-state index is -1.61. The quantitative estimate of drug-likeness (QED) is 0.141. The fourth-order valence-electron chi connectivity index (χ4n) is 3.42. The van der Waals surface area contributed by atoms with Gasteiger partial charge in [0.2, 0.25) is 17.7 Å². The molecule has 9 N–H and O–H groups in total. The fourth-order valence-corrected chi connectivity index (χ4v) is 3.42. The molecule has 0 aromatic heterocycles. The molecule has 37 heavy (non-hydrogen) atoms. The topological polar surface area (TPSA) is 228 Å². The number of hydrogen-bond donors (Lipinski definition) is 8. The van der Waals surface area contributed by atoms with Crippen LogP contribution in [0.2, 0.25) is 0 Å². The molecule has 0 saturated heterocycles. The summed E-state index contributed by atoms with van der Waals surface area (Å²) in [6, 6.07) is 0.307. The molecule has 206 valence electrons. The number of phenolic OH excluding ortho intramolecular Hbond substituents is 1. The highest BCUT2D eigenvalue weighted by Gasteiger charge is 2.33. The molecule has 5 unspecified atom stereocenters. The molecular weight excluding hydrogens is 488 g/mol. The molecule has 3 amide bonds. The molecule has 0 heterocycles. The van der Waals surface area contributed by atoms with Gasteiger partial charge in [0.05, 0.1) is 12.1 Å². The maximum Gasteiger partial charge on any atom is 0.326 e. The predicted octanol–water partition coefficient (Wildman–Crippen LogP) is -0.907. The van der Waals surface area contributed by atoms with E-state index in [0.29, 0.717) is 12.0 Å². The second-order valence-electron chi connectivity index (χ2n) is 9.23. The van der Waals surface area contributed by atoms with Gasteiger partial charge in [0.15, 0.2) is 0 Å². The van der Waals surface area contributed by atoms with Crippen LogP contribution in [0.15, 0.2) is 24.3 Å². The first-order valence-electron chi connectivity index (χ1n) is 11.8. The third-order valence-electron chi connectivity index (χ3n) is 5.40. The van der Waals surface area contributed by atoms with Gasteiger partial charge in [-0.3, -0.25) is 19.2 Å². The number of rotatable bonds is 15. The molecule has 0 aliphatic rings. The number of phenols is 1. The van der Waals surface area contributed by atoms with Crippen molar-refractivity contribution in [2.45, 2.75) is 76.7 Å². The van der Waals surface area contributed by atoms with Gasteiger partial charge in [-0.15, -0.1) is 0 Å². The van der Waals surface area contributed by atoms with Crippen LogP contribution in [0, 0.1) is 5.92 Å². The molecule has 0 aliphatic heterocycles. The molecule has 5 atom stereocenters. The van der Waals surface area contributed by atoms with Crippen LogP contribution in [0.4, 0.5) is 0 Å². The molecule has 0 radical (unpaired) electrons. The van der Waals surface area contributed by atoms with Crippen molar-refractivity contribution in [1.29, 1.82) is 0 Å². The standard InChI is InChI=1S/C24H36N4O9/c1-12(2)10-16(25)21(33)26-17(8-9-19(31)32)22(34)28-20(13(3)29)23(35)27-18(24(36)37)11-14-4-6-15(30)7-5-14/h4-7,12-13,16-18,20,29-30H,8-11,25H2,1-3H3,(H,26,33)(H,27,35)(H,28,34)(H,31,32)(H,36,37). The Morgan fingerprint density at radius 3 is 1.92 bits per heavy atom. The minimum Gasteiger partial charge on any atom is -0.508 e. The molecule has 0 fully saturated rings. The second kappa shape index (κ2) is 14.8. The fraction of sp³-hybridized carbons (Fsp3) is 0.542. The summed E-state index contributed by atoms with van der Waals surface area (Å²) in [5, 5.41) is 45.0. The van der Waals surface area contributed by atoms with E-state index in [1.165, 1.54) is 31.2 Å². The van der Waals surface area contributed by atoms with Gasteiger partial charge in [-0.1, -0.05) is 26.0 Å². The predicted molar refractivity (Wildman–Crippen MR) is 131 cm³/mol. The van der Waals surface area contributed by atoms with Crippen LogP contribution in [-0.4, -0.2) is 80.4 Å². The van der Waals surface area contributed by atoms with E-state index < -0.39 is 66.4 Å². The van der Waals surface area contributed by atoms with Crippen molar-refractivity contribution in [3.63, 3.8) is 0 Å². The maximum absolute atomic E-state index is 12.9. The van der Waals surface area contributed by atoms with E-state index >= 15 is 0 Å². The number of aliphatic carboxylic acids is 2. The number of nitrogens with one attached hydrogen (secondary N) is 3. The van der Waals surface area contributed by atoms with Crippen molar-refractivity contribution < 1.29 is 44.4 Å². The number of carbonyl (C=O) groups excluding carboxylic acids is 3. The minimum absolute atomic E-state index is 0.0220. The zero-order valence-corrected chi connectivity index (χ0v) is 21.0. The van der Waals surface area contributed by atoms with Gasteiger partial charge in [-0.25, -0.2) is 4.79 Å². The van der Waals surface area contributed by atoms with E-state index in [0.717, 1.165) is 0 Å². The Balaban J connectivity index is 2.99. The van der Waals surface area contributed by atoms with E-state index in [1.807, 2.05) is 13.8 Å². The van der Waals surface area contributed by atoms with Crippen molar-refractivity contribution in [2.75, 3.05) is 0 Å². The third kappa shape index (κ3) is 11.3. The normalized spacial score (nSPS) is 15.1. The van der Waals surface area contributed by atoms with Crippen LogP contribution < -0.4 is 21.7 Å². The number of carboxylic acid groups (broad SMARTS) is 2. The smallest absolute Gasteiger partial charge is 0.326 e. The summed E-state index contributed by atoms with van der Waals surface area (Å²) in [5.74, 6) is -5.17. The molecule has 13 nitrogen and oxygen atoms in total. The molecule has 1 rings (SSSR count).